The van der Waals surface area contributed by atoms with Crippen molar-refractivity contribution in [2.24, 2.45) is 23.5 Å². The topological polar surface area (TPSA) is 26.0 Å². The van der Waals surface area contributed by atoms with Crippen LogP contribution in [0.2, 0.25) is 0 Å². The van der Waals surface area contributed by atoms with Crippen LogP contribution in [0.4, 0.5) is 0 Å². The predicted octanol–water partition coefficient (Wildman–Crippen LogP) is 4.84. The monoisotopic (exact) mass is 289 g/mol. The SMILES string of the molecule is NC(CC1CC2CCC1C2)c1cc2c(s1)CCCCC2. The molecule has 0 radical (unpaired) electrons. The first-order valence-corrected chi connectivity index (χ1v) is 9.48. The molecule has 1 nitrogen and oxygen atoms in total. The lowest BCUT2D eigenvalue weighted by molar-refractivity contribution is 0.297. The summed E-state index contributed by atoms with van der Waals surface area (Å²) in [6, 6.07) is 2.78. The Hall–Kier alpha value is -0.340. The van der Waals surface area contributed by atoms with Crippen LogP contribution in [0.15, 0.2) is 6.07 Å². The summed E-state index contributed by atoms with van der Waals surface area (Å²) < 4.78 is 0. The Morgan fingerprint density at radius 3 is 2.85 bits per heavy atom. The molecule has 1 aromatic rings. The molecule has 4 atom stereocenters. The minimum Gasteiger partial charge on any atom is -0.323 e. The number of aryl methyl sites for hydroxylation is 2. The molecule has 2 N–H and O–H groups in total. The third-order valence-electron chi connectivity index (χ3n) is 6.07. The van der Waals surface area contributed by atoms with E-state index >= 15 is 0 Å². The molecule has 110 valence electrons. The molecule has 0 amide bonds. The van der Waals surface area contributed by atoms with Gasteiger partial charge in [-0.25, -0.2) is 0 Å². The van der Waals surface area contributed by atoms with E-state index in [0.29, 0.717) is 6.04 Å². The summed E-state index contributed by atoms with van der Waals surface area (Å²) in [5.41, 5.74) is 8.20. The van der Waals surface area contributed by atoms with Gasteiger partial charge < -0.3 is 5.73 Å². The van der Waals surface area contributed by atoms with Crippen molar-refractivity contribution in [1.82, 2.24) is 0 Å². The highest BCUT2D eigenvalue weighted by Gasteiger charge is 2.40. The normalized spacial score (nSPS) is 34.0. The van der Waals surface area contributed by atoms with Crippen LogP contribution in [0, 0.1) is 17.8 Å². The second-order valence-corrected chi connectivity index (χ2v) is 8.60. The van der Waals surface area contributed by atoms with Gasteiger partial charge in [-0.15, -0.1) is 11.3 Å². The highest BCUT2D eigenvalue weighted by Crippen LogP contribution is 2.51. The van der Waals surface area contributed by atoms with Crippen molar-refractivity contribution in [3.05, 3.63) is 21.4 Å². The Labute approximate surface area is 127 Å². The first-order chi connectivity index (χ1) is 9.79. The summed E-state index contributed by atoms with van der Waals surface area (Å²) in [4.78, 5) is 3.14. The van der Waals surface area contributed by atoms with Crippen molar-refractivity contribution in [3.63, 3.8) is 0 Å². The van der Waals surface area contributed by atoms with Gasteiger partial charge in [0.25, 0.3) is 0 Å². The van der Waals surface area contributed by atoms with Crippen LogP contribution in [0.3, 0.4) is 0 Å². The lowest BCUT2D eigenvalue weighted by atomic mass is 9.84. The van der Waals surface area contributed by atoms with E-state index in [9.17, 15) is 0 Å². The summed E-state index contributed by atoms with van der Waals surface area (Å²) in [6.07, 6.45) is 14.0. The maximum Gasteiger partial charge on any atom is 0.0392 e. The van der Waals surface area contributed by atoms with Crippen molar-refractivity contribution in [1.29, 1.82) is 0 Å². The molecule has 4 unspecified atom stereocenters. The summed E-state index contributed by atoms with van der Waals surface area (Å²) in [7, 11) is 0. The maximum absolute atomic E-state index is 6.57. The van der Waals surface area contributed by atoms with Crippen molar-refractivity contribution >= 4 is 11.3 Å². The molecule has 2 bridgehead atoms. The maximum atomic E-state index is 6.57. The molecule has 2 heteroatoms. The van der Waals surface area contributed by atoms with E-state index in [1.54, 1.807) is 10.4 Å². The second kappa shape index (κ2) is 5.46. The standard InChI is InChI=1S/C18H27NS/c19-16(10-15-9-12-6-7-13(15)8-12)18-11-14-4-2-1-3-5-17(14)20-18/h11-13,15-16H,1-10,19H2. The number of fused-ring (bicyclic) bond motifs is 3. The molecule has 0 aliphatic heterocycles. The molecule has 1 heterocycles. The average Bonchev–Trinajstić information content (AvgIpc) is 3.11. The number of hydrogen-bond acceptors (Lipinski definition) is 2. The minimum absolute atomic E-state index is 0.316. The quantitative estimate of drug-likeness (QED) is 0.791. The van der Waals surface area contributed by atoms with Gasteiger partial charge in [0.15, 0.2) is 0 Å². The van der Waals surface area contributed by atoms with Gasteiger partial charge in [-0.3, -0.25) is 0 Å². The molecular weight excluding hydrogens is 262 g/mol. The molecular formula is C18H27NS. The predicted molar refractivity (Wildman–Crippen MR) is 86.1 cm³/mol. The molecule has 3 aliphatic rings. The molecule has 2 saturated carbocycles. The first kappa shape index (κ1) is 13.3. The molecule has 1 aromatic heterocycles. The second-order valence-electron chi connectivity index (χ2n) is 7.43. The minimum atomic E-state index is 0.316. The van der Waals surface area contributed by atoms with E-state index in [4.69, 9.17) is 5.73 Å². The summed E-state index contributed by atoms with van der Waals surface area (Å²) >= 11 is 2.04. The number of nitrogens with two attached hydrogens (primary N) is 1. The Kier molecular flexibility index (Phi) is 3.64. The zero-order chi connectivity index (χ0) is 13.5. The summed E-state index contributed by atoms with van der Waals surface area (Å²) in [5.74, 6) is 3.01. The van der Waals surface area contributed by atoms with Crippen molar-refractivity contribution < 1.29 is 0 Å². The van der Waals surface area contributed by atoms with Gasteiger partial charge >= 0.3 is 0 Å². The van der Waals surface area contributed by atoms with Crippen LogP contribution in [0.1, 0.15) is 72.7 Å². The number of hydrogen-bond donors (Lipinski definition) is 1. The molecule has 3 aliphatic carbocycles. The number of rotatable bonds is 3. The smallest absolute Gasteiger partial charge is 0.0392 e. The molecule has 0 saturated heterocycles. The third kappa shape index (κ3) is 2.46. The third-order valence-corrected chi connectivity index (χ3v) is 7.44. The summed E-state index contributed by atoms with van der Waals surface area (Å²) in [6.45, 7) is 0. The first-order valence-electron chi connectivity index (χ1n) is 8.66. The largest absolute Gasteiger partial charge is 0.323 e. The van der Waals surface area contributed by atoms with Crippen LogP contribution in [-0.2, 0) is 12.8 Å². The van der Waals surface area contributed by atoms with Gasteiger partial charge in [-0.1, -0.05) is 12.8 Å². The van der Waals surface area contributed by atoms with Crippen LogP contribution in [-0.4, -0.2) is 0 Å². The lowest BCUT2D eigenvalue weighted by Gasteiger charge is -2.24. The Balaban J connectivity index is 1.44. The summed E-state index contributed by atoms with van der Waals surface area (Å²) in [5, 5.41) is 0. The van der Waals surface area contributed by atoms with Gasteiger partial charge in [-0.05, 0) is 80.8 Å². The van der Waals surface area contributed by atoms with Crippen LogP contribution < -0.4 is 5.73 Å². The molecule has 2 fully saturated rings. The van der Waals surface area contributed by atoms with E-state index in [1.165, 1.54) is 69.1 Å². The highest BCUT2D eigenvalue weighted by atomic mass is 32.1. The van der Waals surface area contributed by atoms with Crippen LogP contribution in [0.25, 0.3) is 0 Å². The van der Waals surface area contributed by atoms with E-state index < -0.39 is 0 Å². The fourth-order valence-corrected chi connectivity index (χ4v) is 6.25. The molecule has 4 rings (SSSR count). The molecule has 0 spiro atoms. The zero-order valence-corrected chi connectivity index (χ0v) is 13.3. The number of thiophene rings is 1. The van der Waals surface area contributed by atoms with E-state index in [1.807, 2.05) is 11.3 Å². The Bertz CT molecular complexity index is 454. The van der Waals surface area contributed by atoms with E-state index in [2.05, 4.69) is 6.07 Å². The van der Waals surface area contributed by atoms with Crippen molar-refractivity contribution in [2.45, 2.75) is 70.3 Å². The van der Waals surface area contributed by atoms with Gasteiger partial charge in [0, 0.05) is 15.8 Å². The lowest BCUT2D eigenvalue weighted by Crippen LogP contribution is -2.18. The fraction of sp³-hybridized carbons (Fsp3) is 0.778. The van der Waals surface area contributed by atoms with E-state index in [0.717, 1.165) is 17.8 Å². The average molecular weight is 289 g/mol. The zero-order valence-electron chi connectivity index (χ0n) is 12.4. The molecule has 0 aromatic carbocycles. The van der Waals surface area contributed by atoms with Crippen LogP contribution >= 0.6 is 11.3 Å². The van der Waals surface area contributed by atoms with Gasteiger partial charge in [0.2, 0.25) is 0 Å². The highest BCUT2D eigenvalue weighted by molar-refractivity contribution is 7.12. The Morgan fingerprint density at radius 1 is 1.15 bits per heavy atom. The van der Waals surface area contributed by atoms with Gasteiger partial charge in [-0.2, -0.15) is 0 Å². The van der Waals surface area contributed by atoms with Crippen molar-refractivity contribution in [3.8, 4) is 0 Å². The Morgan fingerprint density at radius 2 is 2.05 bits per heavy atom. The fourth-order valence-electron chi connectivity index (χ4n) is 4.98. The van der Waals surface area contributed by atoms with Crippen LogP contribution in [0.5, 0.6) is 0 Å². The van der Waals surface area contributed by atoms with Crippen molar-refractivity contribution in [2.75, 3.05) is 0 Å². The molecule has 20 heavy (non-hydrogen) atoms. The van der Waals surface area contributed by atoms with E-state index in [-0.39, 0.29) is 0 Å². The van der Waals surface area contributed by atoms with Gasteiger partial charge in [0.05, 0.1) is 0 Å². The van der Waals surface area contributed by atoms with Gasteiger partial charge in [0.1, 0.15) is 0 Å².